The van der Waals surface area contributed by atoms with Crippen LogP contribution >= 0.6 is 0 Å². The van der Waals surface area contributed by atoms with Crippen molar-refractivity contribution < 1.29 is 4.39 Å². The van der Waals surface area contributed by atoms with Crippen LogP contribution in [0.1, 0.15) is 42.4 Å². The lowest BCUT2D eigenvalue weighted by Gasteiger charge is -2.45. The predicted octanol–water partition coefficient (Wildman–Crippen LogP) is 5.10. The molecule has 0 amide bonds. The van der Waals surface area contributed by atoms with Crippen molar-refractivity contribution >= 4 is 5.57 Å². The fourth-order valence-electron chi connectivity index (χ4n) is 4.38. The quantitative estimate of drug-likeness (QED) is 0.770. The maximum atomic E-state index is 14.5. The molecule has 2 heterocycles. The van der Waals surface area contributed by atoms with Crippen molar-refractivity contribution in [1.29, 1.82) is 5.26 Å². The topological polar surface area (TPSA) is 27.0 Å². The zero-order valence-electron chi connectivity index (χ0n) is 14.9. The molecule has 0 radical (unpaired) electrons. The van der Waals surface area contributed by atoms with Gasteiger partial charge in [0.15, 0.2) is 0 Å². The Balaban J connectivity index is 1.63. The predicted molar refractivity (Wildman–Crippen MR) is 102 cm³/mol. The first-order chi connectivity index (χ1) is 12.7. The Morgan fingerprint density at radius 1 is 1.08 bits per heavy atom. The highest BCUT2D eigenvalue weighted by Crippen LogP contribution is 2.38. The number of halogens is 1. The van der Waals surface area contributed by atoms with Gasteiger partial charge >= 0.3 is 0 Å². The van der Waals surface area contributed by atoms with Gasteiger partial charge in [-0.15, -0.1) is 0 Å². The lowest BCUT2D eigenvalue weighted by Crippen LogP contribution is -2.47. The van der Waals surface area contributed by atoms with Gasteiger partial charge in [0.05, 0.1) is 12.5 Å². The van der Waals surface area contributed by atoms with E-state index in [0.717, 1.165) is 30.5 Å². The summed E-state index contributed by atoms with van der Waals surface area (Å²) in [6, 6.07) is 18.7. The molecule has 2 aliphatic heterocycles. The van der Waals surface area contributed by atoms with Gasteiger partial charge in [0.1, 0.15) is 5.82 Å². The van der Waals surface area contributed by atoms with Crippen molar-refractivity contribution in [2.24, 2.45) is 0 Å². The van der Waals surface area contributed by atoms with E-state index < -0.39 is 0 Å². The lowest BCUT2D eigenvalue weighted by atomic mass is 9.82. The van der Waals surface area contributed by atoms with E-state index in [1.54, 1.807) is 6.07 Å². The molecule has 1 saturated heterocycles. The van der Waals surface area contributed by atoms with Gasteiger partial charge in [0.2, 0.25) is 0 Å². The van der Waals surface area contributed by atoms with Gasteiger partial charge in [-0.25, -0.2) is 4.39 Å². The van der Waals surface area contributed by atoms with E-state index in [0.29, 0.717) is 24.1 Å². The molecule has 0 saturated carbocycles. The summed E-state index contributed by atoms with van der Waals surface area (Å²) in [5, 5.41) is 8.93. The number of piperidine rings is 1. The average Bonchev–Trinajstić information content (AvgIpc) is 2.64. The lowest BCUT2D eigenvalue weighted by molar-refractivity contribution is 0.0950. The standard InChI is InChI=1S/C23H23FN2/c24-23-10-9-17(11-12-25)13-22(23)19-14-20-7-4-8-21(15-19)26(20)16-18-5-2-1-3-6-18/h1-3,5-6,9-10,13-14,20-21H,4,7-8,11,15-16H2. The van der Waals surface area contributed by atoms with Crippen molar-refractivity contribution in [1.82, 2.24) is 4.90 Å². The van der Waals surface area contributed by atoms with Crippen LogP contribution in [-0.2, 0) is 13.0 Å². The smallest absolute Gasteiger partial charge is 0.130 e. The Morgan fingerprint density at radius 2 is 1.92 bits per heavy atom. The largest absolute Gasteiger partial charge is 0.289 e. The molecule has 2 aromatic rings. The summed E-state index contributed by atoms with van der Waals surface area (Å²) in [7, 11) is 0. The minimum Gasteiger partial charge on any atom is -0.289 e. The van der Waals surface area contributed by atoms with Crippen LogP contribution in [0.5, 0.6) is 0 Å². The SMILES string of the molecule is N#CCc1ccc(F)c(C2=CC3CCCC(C2)N3Cc2ccccc2)c1. The molecule has 26 heavy (non-hydrogen) atoms. The number of hydrogen-bond donors (Lipinski definition) is 0. The molecule has 0 aliphatic carbocycles. The number of fused-ring (bicyclic) bond motifs is 2. The van der Waals surface area contributed by atoms with E-state index in [1.165, 1.54) is 24.5 Å². The fraction of sp³-hybridized carbons (Fsp3) is 0.348. The monoisotopic (exact) mass is 346 g/mol. The van der Waals surface area contributed by atoms with Crippen molar-refractivity contribution in [3.8, 4) is 6.07 Å². The molecule has 2 bridgehead atoms. The van der Waals surface area contributed by atoms with Crippen molar-refractivity contribution in [3.63, 3.8) is 0 Å². The second-order valence-corrected chi connectivity index (χ2v) is 7.36. The number of benzene rings is 2. The number of rotatable bonds is 4. The Kier molecular flexibility index (Phi) is 4.86. The summed E-state index contributed by atoms with van der Waals surface area (Å²) < 4.78 is 14.5. The highest BCUT2D eigenvalue weighted by molar-refractivity contribution is 5.69. The number of nitrogens with zero attached hydrogens (tertiary/aromatic N) is 2. The first-order valence-electron chi connectivity index (χ1n) is 9.40. The first kappa shape index (κ1) is 17.0. The van der Waals surface area contributed by atoms with Crippen LogP contribution in [0, 0.1) is 17.1 Å². The molecule has 0 aromatic heterocycles. The van der Waals surface area contributed by atoms with Crippen molar-refractivity contribution in [2.45, 2.75) is 50.7 Å². The highest BCUT2D eigenvalue weighted by atomic mass is 19.1. The average molecular weight is 346 g/mol. The second-order valence-electron chi connectivity index (χ2n) is 7.36. The third-order valence-electron chi connectivity index (χ3n) is 5.65. The van der Waals surface area contributed by atoms with E-state index >= 15 is 0 Å². The minimum atomic E-state index is -0.174. The molecular weight excluding hydrogens is 323 g/mol. The van der Waals surface area contributed by atoms with Crippen LogP contribution in [-0.4, -0.2) is 17.0 Å². The Morgan fingerprint density at radius 3 is 2.69 bits per heavy atom. The molecule has 2 aliphatic rings. The molecule has 2 aromatic carbocycles. The Bertz CT molecular complexity index is 850. The summed E-state index contributed by atoms with van der Waals surface area (Å²) in [6.07, 6.45) is 7.02. The summed E-state index contributed by atoms with van der Waals surface area (Å²) in [6.45, 7) is 0.955. The summed E-state index contributed by atoms with van der Waals surface area (Å²) >= 11 is 0. The van der Waals surface area contributed by atoms with Crippen LogP contribution in [0.3, 0.4) is 0 Å². The van der Waals surface area contributed by atoms with Gasteiger partial charge < -0.3 is 0 Å². The third kappa shape index (κ3) is 3.43. The fourth-order valence-corrected chi connectivity index (χ4v) is 4.38. The van der Waals surface area contributed by atoms with Gasteiger partial charge in [-0.2, -0.15) is 5.26 Å². The summed E-state index contributed by atoms with van der Waals surface area (Å²) in [5.41, 5.74) is 4.03. The molecule has 2 nitrogen and oxygen atoms in total. The molecule has 132 valence electrons. The molecule has 3 heteroatoms. The van der Waals surface area contributed by atoms with Gasteiger partial charge in [0, 0.05) is 24.2 Å². The van der Waals surface area contributed by atoms with Gasteiger partial charge in [-0.05, 0) is 48.1 Å². The van der Waals surface area contributed by atoms with E-state index in [2.05, 4.69) is 47.4 Å². The Labute approximate surface area is 154 Å². The molecule has 0 spiro atoms. The molecule has 0 N–H and O–H groups in total. The molecular formula is C23H23FN2. The van der Waals surface area contributed by atoms with Crippen LogP contribution < -0.4 is 0 Å². The maximum Gasteiger partial charge on any atom is 0.130 e. The highest BCUT2D eigenvalue weighted by Gasteiger charge is 2.34. The van der Waals surface area contributed by atoms with Crippen LogP contribution in [0.2, 0.25) is 0 Å². The van der Waals surface area contributed by atoms with E-state index in [4.69, 9.17) is 5.26 Å². The van der Waals surface area contributed by atoms with Gasteiger partial charge in [0.25, 0.3) is 0 Å². The maximum absolute atomic E-state index is 14.5. The van der Waals surface area contributed by atoms with Gasteiger partial charge in [-0.1, -0.05) is 48.9 Å². The molecule has 4 rings (SSSR count). The van der Waals surface area contributed by atoms with Gasteiger partial charge in [-0.3, -0.25) is 4.90 Å². The van der Waals surface area contributed by atoms with E-state index in [9.17, 15) is 4.39 Å². The zero-order chi connectivity index (χ0) is 17.9. The van der Waals surface area contributed by atoms with E-state index in [1.807, 2.05) is 6.07 Å². The van der Waals surface area contributed by atoms with Crippen LogP contribution in [0.15, 0.2) is 54.6 Å². The van der Waals surface area contributed by atoms with Crippen molar-refractivity contribution in [3.05, 3.63) is 77.1 Å². The summed E-state index contributed by atoms with van der Waals surface area (Å²) in [4.78, 5) is 2.58. The van der Waals surface area contributed by atoms with Crippen molar-refractivity contribution in [2.75, 3.05) is 0 Å². The van der Waals surface area contributed by atoms with Crippen LogP contribution in [0.4, 0.5) is 4.39 Å². The second kappa shape index (κ2) is 7.43. The van der Waals surface area contributed by atoms with Crippen LogP contribution in [0.25, 0.3) is 5.57 Å². The van der Waals surface area contributed by atoms with E-state index in [-0.39, 0.29) is 5.82 Å². The third-order valence-corrected chi connectivity index (χ3v) is 5.65. The minimum absolute atomic E-state index is 0.174. The Hall–Kier alpha value is -2.44. The number of hydrogen-bond acceptors (Lipinski definition) is 2. The zero-order valence-corrected chi connectivity index (χ0v) is 14.9. The summed E-state index contributed by atoms with van der Waals surface area (Å²) in [5.74, 6) is -0.174. The first-order valence-corrected chi connectivity index (χ1v) is 9.40. The number of nitriles is 1. The molecule has 1 fully saturated rings. The normalized spacial score (nSPS) is 22.5. The molecule has 2 unspecified atom stereocenters. The molecule has 2 atom stereocenters.